The topological polar surface area (TPSA) is 108 Å². The number of hydrogen-bond acceptors (Lipinski definition) is 9. The average Bonchev–Trinajstić information content (AvgIpc) is 3.07. The summed E-state index contributed by atoms with van der Waals surface area (Å²) in [6.07, 6.45) is 4.07. The third kappa shape index (κ3) is 5.60. The van der Waals surface area contributed by atoms with Gasteiger partial charge in [-0.3, -0.25) is 9.69 Å². The molecular formula is C30H38N6O4S. The van der Waals surface area contributed by atoms with E-state index >= 15 is 0 Å². The highest BCUT2D eigenvalue weighted by atomic mass is 32.2. The van der Waals surface area contributed by atoms with Gasteiger partial charge in [-0.1, -0.05) is 18.9 Å². The van der Waals surface area contributed by atoms with Gasteiger partial charge in [0.25, 0.3) is 5.91 Å². The number of hydrogen-bond donors (Lipinski definition) is 1. The molecule has 4 aliphatic heterocycles. The molecular weight excluding hydrogens is 540 g/mol. The van der Waals surface area contributed by atoms with Crippen molar-refractivity contribution in [3.05, 3.63) is 35.2 Å². The first-order valence-electron chi connectivity index (χ1n) is 14.6. The standard InChI is InChI=1S/C30H38N6O4S/c1-4-5-6-26(37)36-17-24(18-36)34-9-7-22(8-10-34)23-15-20(2)28-25(16-23)33-29-27(21(3)40-28)30(32-19-31-29)35-11-13-41(38,39)14-12-35/h15-16,19,21-22,24H,4,7-14,17-18H2,1-3H3,(H,31,32,33)/t21-/m1/s1. The molecule has 1 atom stereocenters. The van der Waals surface area contributed by atoms with Gasteiger partial charge in [-0.15, -0.1) is 0 Å². The zero-order valence-electron chi connectivity index (χ0n) is 24.0. The lowest BCUT2D eigenvalue weighted by atomic mass is 9.87. The molecule has 1 N–H and O–H groups in total. The molecule has 2 aromatic rings. The van der Waals surface area contributed by atoms with Crippen molar-refractivity contribution in [1.29, 1.82) is 0 Å². The van der Waals surface area contributed by atoms with Crippen LogP contribution in [0.2, 0.25) is 0 Å². The van der Waals surface area contributed by atoms with E-state index in [1.54, 1.807) is 6.33 Å². The molecule has 3 saturated heterocycles. The zero-order chi connectivity index (χ0) is 28.7. The van der Waals surface area contributed by atoms with Gasteiger partial charge in [-0.25, -0.2) is 18.4 Å². The molecule has 0 aliphatic carbocycles. The Morgan fingerprint density at radius 1 is 1.12 bits per heavy atom. The molecule has 0 bridgehead atoms. The largest absolute Gasteiger partial charge is 0.483 e. The summed E-state index contributed by atoms with van der Waals surface area (Å²) in [5.41, 5.74) is 4.13. The Hall–Kier alpha value is -3.36. The second-order valence-electron chi connectivity index (χ2n) is 11.5. The smallest absolute Gasteiger partial charge is 0.298 e. The van der Waals surface area contributed by atoms with Crippen molar-refractivity contribution in [2.75, 3.05) is 61.0 Å². The third-order valence-corrected chi connectivity index (χ3v) is 10.4. The van der Waals surface area contributed by atoms with Gasteiger partial charge in [0.2, 0.25) is 0 Å². The number of anilines is 3. The fraction of sp³-hybridized carbons (Fsp3) is 0.567. The van der Waals surface area contributed by atoms with Crippen molar-refractivity contribution in [1.82, 2.24) is 19.8 Å². The normalized spacial score (nSPS) is 22.7. The Morgan fingerprint density at radius 3 is 2.56 bits per heavy atom. The van der Waals surface area contributed by atoms with Crippen LogP contribution in [0.4, 0.5) is 17.3 Å². The summed E-state index contributed by atoms with van der Waals surface area (Å²) in [6.45, 7) is 10.4. The summed E-state index contributed by atoms with van der Waals surface area (Å²) < 4.78 is 30.5. The van der Waals surface area contributed by atoms with Crippen molar-refractivity contribution in [3.8, 4) is 17.6 Å². The van der Waals surface area contributed by atoms with E-state index in [0.717, 1.165) is 67.4 Å². The molecule has 0 spiro atoms. The quantitative estimate of drug-likeness (QED) is 0.550. The zero-order valence-corrected chi connectivity index (χ0v) is 24.8. The molecule has 0 saturated carbocycles. The molecule has 41 heavy (non-hydrogen) atoms. The number of ether oxygens (including phenoxy) is 1. The van der Waals surface area contributed by atoms with Crippen molar-refractivity contribution in [2.45, 2.75) is 58.1 Å². The molecule has 11 heteroatoms. The lowest BCUT2D eigenvalue weighted by molar-refractivity contribution is -0.132. The fourth-order valence-corrected chi connectivity index (χ4v) is 7.58. The lowest BCUT2D eigenvalue weighted by Crippen LogP contribution is -2.61. The summed E-state index contributed by atoms with van der Waals surface area (Å²) in [7, 11) is -3.00. The molecule has 4 aliphatic rings. The monoisotopic (exact) mass is 578 g/mol. The van der Waals surface area contributed by atoms with E-state index < -0.39 is 9.84 Å². The van der Waals surface area contributed by atoms with Crippen LogP contribution in [0.5, 0.6) is 5.75 Å². The second-order valence-corrected chi connectivity index (χ2v) is 13.8. The summed E-state index contributed by atoms with van der Waals surface area (Å²) in [5.74, 6) is 8.49. The Bertz CT molecular complexity index is 1490. The SMILES string of the molecule is CCC#CC(=O)N1CC(N2CCC(c3cc(C)c4c(c3)Nc3ncnc(N5CCS(=O)(=O)CC5)c3[C@@H](C)O4)CC2)C1. The Labute approximate surface area is 242 Å². The van der Waals surface area contributed by atoms with Gasteiger partial charge >= 0.3 is 0 Å². The number of piperidine rings is 1. The number of nitrogens with one attached hydrogen (secondary N) is 1. The molecule has 1 aromatic carbocycles. The minimum absolute atomic E-state index is 0.0506. The van der Waals surface area contributed by atoms with Gasteiger partial charge in [0.1, 0.15) is 29.8 Å². The van der Waals surface area contributed by atoms with Gasteiger partial charge in [-0.2, -0.15) is 0 Å². The van der Waals surface area contributed by atoms with E-state index in [2.05, 4.69) is 51.1 Å². The predicted molar refractivity (Wildman–Crippen MR) is 158 cm³/mol. The highest BCUT2D eigenvalue weighted by molar-refractivity contribution is 7.91. The number of aryl methyl sites for hydroxylation is 1. The molecule has 5 heterocycles. The number of aromatic nitrogens is 2. The van der Waals surface area contributed by atoms with Crippen molar-refractivity contribution in [2.24, 2.45) is 0 Å². The maximum Gasteiger partial charge on any atom is 0.298 e. The van der Waals surface area contributed by atoms with Crippen LogP contribution in [0.15, 0.2) is 18.5 Å². The number of benzene rings is 1. The van der Waals surface area contributed by atoms with Crippen LogP contribution >= 0.6 is 0 Å². The van der Waals surface area contributed by atoms with Crippen LogP contribution in [0, 0.1) is 18.8 Å². The van der Waals surface area contributed by atoms with Crippen LogP contribution in [0.1, 0.15) is 61.8 Å². The first-order valence-corrected chi connectivity index (χ1v) is 16.4. The number of carbonyl (C=O) groups excluding carboxylic acids is 1. The van der Waals surface area contributed by atoms with Gasteiger partial charge in [0.15, 0.2) is 9.84 Å². The van der Waals surface area contributed by atoms with E-state index in [0.29, 0.717) is 37.3 Å². The minimum Gasteiger partial charge on any atom is -0.483 e. The lowest BCUT2D eigenvalue weighted by Gasteiger charge is -2.47. The molecule has 6 rings (SSSR count). The molecule has 0 radical (unpaired) electrons. The summed E-state index contributed by atoms with van der Waals surface area (Å²) >= 11 is 0. The van der Waals surface area contributed by atoms with Crippen molar-refractivity contribution in [3.63, 3.8) is 0 Å². The van der Waals surface area contributed by atoms with Gasteiger partial charge < -0.3 is 19.9 Å². The first-order chi connectivity index (χ1) is 19.7. The van der Waals surface area contributed by atoms with E-state index in [9.17, 15) is 13.2 Å². The predicted octanol–water partition coefficient (Wildman–Crippen LogP) is 3.02. The highest BCUT2D eigenvalue weighted by Crippen LogP contribution is 2.45. The Kier molecular flexibility index (Phi) is 7.55. The molecule has 10 nitrogen and oxygen atoms in total. The molecule has 3 fully saturated rings. The van der Waals surface area contributed by atoms with Crippen molar-refractivity contribution >= 4 is 33.1 Å². The highest BCUT2D eigenvalue weighted by Gasteiger charge is 2.37. The number of carbonyl (C=O) groups is 1. The molecule has 1 amide bonds. The van der Waals surface area contributed by atoms with Crippen LogP contribution < -0.4 is 15.0 Å². The third-order valence-electron chi connectivity index (χ3n) is 8.80. The van der Waals surface area contributed by atoms with Gasteiger partial charge in [0, 0.05) is 38.6 Å². The number of rotatable bonds is 3. The summed E-state index contributed by atoms with van der Waals surface area (Å²) in [4.78, 5) is 27.7. The molecule has 218 valence electrons. The maximum atomic E-state index is 12.1. The number of nitrogens with zero attached hydrogens (tertiary/aromatic N) is 5. The number of sulfone groups is 1. The maximum absolute atomic E-state index is 12.1. The molecule has 0 unspecified atom stereocenters. The average molecular weight is 579 g/mol. The van der Waals surface area contributed by atoms with Crippen molar-refractivity contribution < 1.29 is 17.9 Å². The number of amides is 1. The van der Waals surface area contributed by atoms with E-state index in [4.69, 9.17) is 4.74 Å². The Balaban J connectivity index is 1.15. The van der Waals surface area contributed by atoms with Gasteiger partial charge in [0.05, 0.1) is 22.8 Å². The minimum atomic E-state index is -3.00. The van der Waals surface area contributed by atoms with Crippen LogP contribution in [0.3, 0.4) is 0 Å². The first kappa shape index (κ1) is 27.8. The summed E-state index contributed by atoms with van der Waals surface area (Å²) in [6, 6.07) is 4.89. The van der Waals surface area contributed by atoms with Crippen LogP contribution in [-0.4, -0.2) is 90.9 Å². The second kappa shape index (κ2) is 11.1. The van der Waals surface area contributed by atoms with E-state index in [-0.39, 0.29) is 23.5 Å². The number of likely N-dealkylation sites (tertiary alicyclic amines) is 2. The fourth-order valence-electron chi connectivity index (χ4n) is 6.38. The van der Waals surface area contributed by atoms with Gasteiger partial charge in [-0.05, 0) is 68.8 Å². The van der Waals surface area contributed by atoms with E-state index in [1.165, 1.54) is 5.56 Å². The molecule has 1 aromatic heterocycles. The van der Waals surface area contributed by atoms with Crippen LogP contribution in [0.25, 0.3) is 0 Å². The van der Waals surface area contributed by atoms with Crippen LogP contribution in [-0.2, 0) is 14.6 Å². The number of fused-ring (bicyclic) bond motifs is 2. The van der Waals surface area contributed by atoms with E-state index in [1.807, 2.05) is 23.6 Å². The Morgan fingerprint density at radius 2 is 1.85 bits per heavy atom. The summed E-state index contributed by atoms with van der Waals surface area (Å²) in [5, 5.41) is 3.54.